The van der Waals surface area contributed by atoms with Gasteiger partial charge in [0.1, 0.15) is 12.2 Å². The Labute approximate surface area is 234 Å². The molecule has 4 heterocycles. The Balaban J connectivity index is 1.68. The summed E-state index contributed by atoms with van der Waals surface area (Å²) in [5.74, 6) is -0.747. The summed E-state index contributed by atoms with van der Waals surface area (Å²) in [5, 5.41) is 14.8. The fourth-order valence-electron chi connectivity index (χ4n) is 5.36. The van der Waals surface area contributed by atoms with Gasteiger partial charge in [-0.25, -0.2) is 14.6 Å². The van der Waals surface area contributed by atoms with Crippen LogP contribution in [-0.4, -0.2) is 40.4 Å². The number of benzene rings is 1. The van der Waals surface area contributed by atoms with E-state index in [4.69, 9.17) is 14.5 Å². The summed E-state index contributed by atoms with van der Waals surface area (Å²) in [7, 11) is -1.36. The molecule has 0 unspecified atom stereocenters. The highest BCUT2D eigenvalue weighted by atomic mass is 28.3. The Morgan fingerprint density at radius 3 is 2.60 bits per heavy atom. The minimum Gasteiger partial charge on any atom is -0.458 e. The van der Waals surface area contributed by atoms with E-state index in [2.05, 4.69) is 25.0 Å². The second-order valence-corrected chi connectivity index (χ2v) is 18.6. The van der Waals surface area contributed by atoms with Gasteiger partial charge in [-0.3, -0.25) is 10.1 Å². The fraction of sp³-hybridized carbons (Fsp3) is 0.467. The predicted molar refractivity (Wildman–Crippen MR) is 156 cm³/mol. The van der Waals surface area contributed by atoms with Crippen molar-refractivity contribution in [3.63, 3.8) is 0 Å². The van der Waals surface area contributed by atoms with Gasteiger partial charge in [-0.2, -0.15) is 0 Å². The first-order valence-corrected chi connectivity index (χ1v) is 17.4. The lowest BCUT2D eigenvalue weighted by Crippen LogP contribution is -2.44. The summed E-state index contributed by atoms with van der Waals surface area (Å²) in [5.41, 5.74) is 2.13. The van der Waals surface area contributed by atoms with E-state index in [9.17, 15) is 19.5 Å². The number of anilines is 1. The van der Waals surface area contributed by atoms with E-state index in [0.717, 1.165) is 34.5 Å². The molecule has 1 atom stereocenters. The van der Waals surface area contributed by atoms with Gasteiger partial charge < -0.3 is 19.1 Å². The van der Waals surface area contributed by atoms with Crippen LogP contribution in [0.2, 0.25) is 25.7 Å². The van der Waals surface area contributed by atoms with Crippen LogP contribution in [0.4, 0.5) is 10.5 Å². The largest absolute Gasteiger partial charge is 0.458 e. The molecular formula is C30H37N3O6Si. The topological polar surface area (TPSA) is 120 Å². The number of aliphatic hydroxyl groups is 1. The van der Waals surface area contributed by atoms with Gasteiger partial charge in [0.25, 0.3) is 5.56 Å². The van der Waals surface area contributed by atoms with Crippen LogP contribution in [0, 0.1) is 0 Å². The highest BCUT2D eigenvalue weighted by Crippen LogP contribution is 2.40. The van der Waals surface area contributed by atoms with E-state index in [1.807, 2.05) is 39.0 Å². The standard InChI is InChI=1S/C30H37N3O6Si/c1-8-30(37)21-14-23-25-18(15-33(23)26(34)20(21)16-38-27(30)35)13-19-22(31-28(36)39-29(2,3)4)10-9-17(24(19)32-25)11-12-40(5,6)7/h9-10,13-14,37H,8,11-12,15-16H2,1-7H3,(H,31,36)/t30-/m0/s1. The highest BCUT2D eigenvalue weighted by Gasteiger charge is 2.45. The van der Waals surface area contributed by atoms with Crippen LogP contribution >= 0.6 is 0 Å². The monoisotopic (exact) mass is 563 g/mol. The van der Waals surface area contributed by atoms with Crippen LogP contribution in [0.3, 0.4) is 0 Å². The SMILES string of the molecule is CC[C@@]1(O)C(=O)OCc2c1cc1n(c2=O)Cc2cc3c(NC(=O)OC(C)(C)C)ccc(CC[Si](C)(C)C)c3nc2-1. The van der Waals surface area contributed by atoms with Gasteiger partial charge in [0.2, 0.25) is 0 Å². The maximum Gasteiger partial charge on any atom is 0.412 e. The van der Waals surface area contributed by atoms with Crippen LogP contribution in [0.5, 0.6) is 0 Å². The Hall–Kier alpha value is -3.50. The number of aromatic nitrogens is 2. The molecule has 10 heteroatoms. The Morgan fingerprint density at radius 2 is 1.95 bits per heavy atom. The lowest BCUT2D eigenvalue weighted by Gasteiger charge is -2.31. The van der Waals surface area contributed by atoms with Gasteiger partial charge in [0.05, 0.1) is 34.7 Å². The molecular weight excluding hydrogens is 526 g/mol. The number of carbonyl (C=O) groups excluding carboxylic acids is 2. The lowest BCUT2D eigenvalue weighted by atomic mass is 9.86. The number of pyridine rings is 2. The molecule has 40 heavy (non-hydrogen) atoms. The van der Waals surface area contributed by atoms with Crippen molar-refractivity contribution in [2.75, 3.05) is 5.32 Å². The third-order valence-corrected chi connectivity index (χ3v) is 9.29. The van der Waals surface area contributed by atoms with Crippen molar-refractivity contribution < 1.29 is 24.2 Å². The number of esters is 1. The first kappa shape index (κ1) is 28.0. The van der Waals surface area contributed by atoms with Crippen LogP contribution < -0.4 is 10.9 Å². The van der Waals surface area contributed by atoms with Crippen LogP contribution in [0.1, 0.15) is 56.4 Å². The van der Waals surface area contributed by atoms with Gasteiger partial charge in [-0.1, -0.05) is 38.7 Å². The molecule has 0 bridgehead atoms. The number of fused-ring (bicyclic) bond motifs is 5. The van der Waals surface area contributed by atoms with Crippen molar-refractivity contribution in [2.24, 2.45) is 0 Å². The van der Waals surface area contributed by atoms with Crippen LogP contribution in [0.15, 0.2) is 29.1 Å². The van der Waals surface area contributed by atoms with Crippen molar-refractivity contribution in [3.8, 4) is 11.4 Å². The maximum absolute atomic E-state index is 13.6. The van der Waals surface area contributed by atoms with Gasteiger partial charge in [0.15, 0.2) is 5.60 Å². The molecule has 0 fully saturated rings. The van der Waals surface area contributed by atoms with E-state index < -0.39 is 31.3 Å². The molecule has 0 saturated heterocycles. The summed E-state index contributed by atoms with van der Waals surface area (Å²) in [4.78, 5) is 43.8. The number of hydrogen-bond donors (Lipinski definition) is 2. The summed E-state index contributed by atoms with van der Waals surface area (Å²) < 4.78 is 12.3. The summed E-state index contributed by atoms with van der Waals surface area (Å²) in [6.45, 7) is 14.2. The molecule has 0 spiro atoms. The number of ether oxygens (including phenoxy) is 2. The fourth-order valence-corrected chi connectivity index (χ4v) is 6.38. The highest BCUT2D eigenvalue weighted by molar-refractivity contribution is 6.76. The molecule has 0 aliphatic carbocycles. The third-order valence-electron chi connectivity index (χ3n) is 7.54. The molecule has 1 aromatic carbocycles. The Bertz CT molecular complexity index is 1620. The quantitative estimate of drug-likeness (QED) is 0.250. The Morgan fingerprint density at radius 1 is 1.23 bits per heavy atom. The molecule has 5 rings (SSSR count). The van der Waals surface area contributed by atoms with Crippen LogP contribution in [-0.2, 0) is 39.4 Å². The number of carbonyl (C=O) groups is 2. The number of aryl methyl sites for hydroxylation is 1. The maximum atomic E-state index is 13.6. The average Bonchev–Trinajstić information content (AvgIpc) is 3.21. The molecule has 0 radical (unpaired) electrons. The number of rotatable bonds is 5. The number of nitrogens with one attached hydrogen (secondary N) is 1. The molecule has 2 N–H and O–H groups in total. The van der Waals surface area contributed by atoms with Crippen molar-refractivity contribution in [1.29, 1.82) is 0 Å². The zero-order valence-corrected chi connectivity index (χ0v) is 25.2. The smallest absolute Gasteiger partial charge is 0.412 e. The second kappa shape index (κ2) is 9.55. The van der Waals surface area contributed by atoms with E-state index in [1.165, 1.54) is 0 Å². The lowest BCUT2D eigenvalue weighted by molar-refractivity contribution is -0.172. The van der Waals surface area contributed by atoms with Crippen molar-refractivity contribution in [3.05, 3.63) is 56.9 Å². The van der Waals surface area contributed by atoms with E-state index in [0.29, 0.717) is 17.1 Å². The first-order chi connectivity index (χ1) is 18.6. The predicted octanol–water partition coefficient (Wildman–Crippen LogP) is 5.31. The van der Waals surface area contributed by atoms with Gasteiger partial charge in [-0.05, 0) is 57.4 Å². The number of amides is 1. The molecule has 0 saturated carbocycles. The summed E-state index contributed by atoms with van der Waals surface area (Å²) in [6.07, 6.45) is 0.364. The Kier molecular flexibility index (Phi) is 6.70. The second-order valence-electron chi connectivity index (χ2n) is 13.0. The first-order valence-electron chi connectivity index (χ1n) is 13.7. The van der Waals surface area contributed by atoms with Gasteiger partial charge >= 0.3 is 12.1 Å². The average molecular weight is 564 g/mol. The van der Waals surface area contributed by atoms with E-state index in [1.54, 1.807) is 17.6 Å². The molecule has 1 amide bonds. The van der Waals surface area contributed by atoms with Gasteiger partial charge in [0, 0.05) is 24.6 Å². The molecule has 2 aliphatic rings. The minimum absolute atomic E-state index is 0.0836. The van der Waals surface area contributed by atoms with E-state index >= 15 is 0 Å². The minimum atomic E-state index is -1.88. The van der Waals surface area contributed by atoms with E-state index in [-0.39, 0.29) is 36.3 Å². The zero-order valence-electron chi connectivity index (χ0n) is 24.2. The van der Waals surface area contributed by atoms with Gasteiger partial charge in [-0.15, -0.1) is 0 Å². The number of cyclic esters (lactones) is 1. The number of hydrogen-bond acceptors (Lipinski definition) is 7. The molecule has 2 aromatic heterocycles. The molecule has 212 valence electrons. The molecule has 3 aromatic rings. The summed E-state index contributed by atoms with van der Waals surface area (Å²) in [6, 6.07) is 8.64. The zero-order chi connectivity index (χ0) is 29.2. The third kappa shape index (κ3) is 4.94. The van der Waals surface area contributed by atoms with Crippen molar-refractivity contribution in [1.82, 2.24) is 9.55 Å². The number of nitrogens with zero attached hydrogens (tertiary/aromatic N) is 2. The molecule has 9 nitrogen and oxygen atoms in total. The normalized spacial score (nSPS) is 18.1. The van der Waals surface area contributed by atoms with Crippen molar-refractivity contribution >= 4 is 36.7 Å². The summed E-state index contributed by atoms with van der Waals surface area (Å²) >= 11 is 0. The van der Waals surface area contributed by atoms with Crippen molar-refractivity contribution in [2.45, 2.75) is 90.6 Å². The molecule has 2 aliphatic heterocycles. The van der Waals surface area contributed by atoms with Crippen LogP contribution in [0.25, 0.3) is 22.3 Å².